The third kappa shape index (κ3) is 3.17. The number of halogens is 5. The molecule has 0 aromatic heterocycles. The predicted octanol–water partition coefficient (Wildman–Crippen LogP) is 3.57. The number of thioether (sulfide) groups is 1. The van der Waals surface area contributed by atoms with Gasteiger partial charge in [0.1, 0.15) is 5.75 Å². The highest BCUT2D eigenvalue weighted by molar-refractivity contribution is 7.98. The Morgan fingerprint density at radius 3 is 2.20 bits per heavy atom. The monoisotopic (exact) mass is 315 g/mol. The van der Waals surface area contributed by atoms with E-state index in [0.717, 1.165) is 17.8 Å². The number of benzene rings is 1. The van der Waals surface area contributed by atoms with Gasteiger partial charge in [-0.3, -0.25) is 0 Å². The van der Waals surface area contributed by atoms with Gasteiger partial charge in [-0.1, -0.05) is 0 Å². The van der Waals surface area contributed by atoms with Crippen LogP contribution in [-0.4, -0.2) is 26.1 Å². The molecule has 0 spiro atoms. The predicted molar refractivity (Wildman–Crippen MR) is 67.5 cm³/mol. The molecule has 0 aliphatic rings. The molecule has 0 atom stereocenters. The van der Waals surface area contributed by atoms with Crippen molar-refractivity contribution in [2.24, 2.45) is 5.73 Å². The molecule has 0 saturated carbocycles. The van der Waals surface area contributed by atoms with Crippen molar-refractivity contribution in [3.63, 3.8) is 0 Å². The molecule has 0 amide bonds. The Hall–Kier alpha value is -1.02. The van der Waals surface area contributed by atoms with Crippen molar-refractivity contribution in [2.75, 3.05) is 19.9 Å². The summed E-state index contributed by atoms with van der Waals surface area (Å²) >= 11 is 0.821. The molecule has 0 heterocycles. The summed E-state index contributed by atoms with van der Waals surface area (Å²) in [7, 11) is 1.21. The minimum Gasteiger partial charge on any atom is -0.496 e. The molecule has 0 aliphatic carbocycles. The Kier molecular flexibility index (Phi) is 5.26. The standard InChI is InChI=1S/C12H14F5NOS/c1-19-9-6-8(11(13,14)12(15,16)17)10(20-2)5-7(9)3-4-18/h5-6H,3-4,18H2,1-2H3. The second-order valence-electron chi connectivity index (χ2n) is 3.98. The summed E-state index contributed by atoms with van der Waals surface area (Å²) in [5.74, 6) is -4.95. The minimum atomic E-state index is -5.65. The van der Waals surface area contributed by atoms with Crippen molar-refractivity contribution < 1.29 is 26.7 Å². The summed E-state index contributed by atoms with van der Waals surface area (Å²) < 4.78 is 69.4. The lowest BCUT2D eigenvalue weighted by molar-refractivity contribution is -0.290. The van der Waals surface area contributed by atoms with Crippen molar-refractivity contribution in [1.82, 2.24) is 0 Å². The van der Waals surface area contributed by atoms with Gasteiger partial charge in [-0.15, -0.1) is 11.8 Å². The highest BCUT2D eigenvalue weighted by Crippen LogP contribution is 2.48. The Balaban J connectivity index is 3.47. The molecule has 0 bridgehead atoms. The Morgan fingerprint density at radius 1 is 1.20 bits per heavy atom. The van der Waals surface area contributed by atoms with Crippen molar-refractivity contribution >= 4 is 11.8 Å². The van der Waals surface area contributed by atoms with E-state index in [-0.39, 0.29) is 17.2 Å². The van der Waals surface area contributed by atoms with Gasteiger partial charge in [0.15, 0.2) is 0 Å². The van der Waals surface area contributed by atoms with E-state index < -0.39 is 17.7 Å². The summed E-state index contributed by atoms with van der Waals surface area (Å²) in [6.45, 7) is 0.235. The summed E-state index contributed by atoms with van der Waals surface area (Å²) in [6.07, 6.45) is -3.89. The summed E-state index contributed by atoms with van der Waals surface area (Å²) in [6, 6.07) is 2.01. The van der Waals surface area contributed by atoms with Gasteiger partial charge in [0.05, 0.1) is 7.11 Å². The molecule has 2 N–H and O–H groups in total. The van der Waals surface area contributed by atoms with Crippen molar-refractivity contribution in [3.8, 4) is 5.75 Å². The van der Waals surface area contributed by atoms with Crippen molar-refractivity contribution in [2.45, 2.75) is 23.4 Å². The largest absolute Gasteiger partial charge is 0.496 e. The van der Waals surface area contributed by atoms with Gasteiger partial charge in [0, 0.05) is 10.5 Å². The second kappa shape index (κ2) is 6.17. The van der Waals surface area contributed by atoms with Crippen molar-refractivity contribution in [3.05, 3.63) is 23.3 Å². The summed E-state index contributed by atoms with van der Waals surface area (Å²) in [5, 5.41) is 0. The summed E-state index contributed by atoms with van der Waals surface area (Å²) in [5.41, 5.74) is 4.78. The molecule has 1 rings (SSSR count). The van der Waals surface area contributed by atoms with Crippen LogP contribution in [0.1, 0.15) is 11.1 Å². The van der Waals surface area contributed by atoms with Crippen LogP contribution in [0, 0.1) is 0 Å². The zero-order valence-corrected chi connectivity index (χ0v) is 11.7. The fourth-order valence-corrected chi connectivity index (χ4v) is 2.38. The van der Waals surface area contributed by atoms with Gasteiger partial charge in [-0.2, -0.15) is 22.0 Å². The smallest absolute Gasteiger partial charge is 0.458 e. The van der Waals surface area contributed by atoms with E-state index in [0.29, 0.717) is 12.0 Å². The quantitative estimate of drug-likeness (QED) is 0.666. The Labute approximate surface area is 117 Å². The van der Waals surface area contributed by atoms with E-state index in [9.17, 15) is 22.0 Å². The molecule has 114 valence electrons. The molecule has 0 aliphatic heterocycles. The Morgan fingerprint density at radius 2 is 1.80 bits per heavy atom. The molecule has 0 unspecified atom stereocenters. The SMILES string of the molecule is COc1cc(C(F)(F)C(F)(F)F)c(SC)cc1CCN. The molecule has 0 fully saturated rings. The van der Waals surface area contributed by atoms with Gasteiger partial charge in [0.2, 0.25) is 0 Å². The molecule has 2 nitrogen and oxygen atoms in total. The maximum absolute atomic E-state index is 13.5. The zero-order chi connectivity index (χ0) is 15.6. The normalized spacial score (nSPS) is 12.6. The fraction of sp³-hybridized carbons (Fsp3) is 0.500. The third-order valence-electron chi connectivity index (χ3n) is 2.71. The summed E-state index contributed by atoms with van der Waals surface area (Å²) in [4.78, 5) is -0.142. The number of hydrogen-bond donors (Lipinski definition) is 1. The van der Waals surface area contributed by atoms with E-state index in [1.165, 1.54) is 19.4 Å². The number of hydrogen-bond acceptors (Lipinski definition) is 3. The van der Waals surface area contributed by atoms with Gasteiger partial charge in [-0.25, -0.2) is 0 Å². The van der Waals surface area contributed by atoms with Crippen molar-refractivity contribution in [1.29, 1.82) is 0 Å². The number of ether oxygens (including phenoxy) is 1. The van der Waals surface area contributed by atoms with E-state index in [4.69, 9.17) is 10.5 Å². The van der Waals surface area contributed by atoms with Gasteiger partial charge in [0.25, 0.3) is 0 Å². The van der Waals surface area contributed by atoms with E-state index in [1.54, 1.807) is 0 Å². The lowest BCUT2D eigenvalue weighted by Crippen LogP contribution is -2.34. The highest BCUT2D eigenvalue weighted by Gasteiger charge is 2.59. The highest BCUT2D eigenvalue weighted by atomic mass is 32.2. The number of methoxy groups -OCH3 is 1. The molecular formula is C12H14F5NOS. The van der Waals surface area contributed by atoms with E-state index in [1.807, 2.05) is 0 Å². The molecule has 0 radical (unpaired) electrons. The van der Waals surface area contributed by atoms with Crippen LogP contribution in [0.15, 0.2) is 17.0 Å². The average molecular weight is 315 g/mol. The lowest BCUT2D eigenvalue weighted by Gasteiger charge is -2.23. The van der Waals surface area contributed by atoms with Gasteiger partial charge in [-0.05, 0) is 36.9 Å². The van der Waals surface area contributed by atoms with Crippen LogP contribution < -0.4 is 10.5 Å². The van der Waals surface area contributed by atoms with E-state index in [2.05, 4.69) is 0 Å². The molecule has 20 heavy (non-hydrogen) atoms. The topological polar surface area (TPSA) is 35.2 Å². The van der Waals surface area contributed by atoms with Crippen LogP contribution >= 0.6 is 11.8 Å². The average Bonchev–Trinajstić information content (AvgIpc) is 2.37. The maximum Gasteiger partial charge on any atom is 0.458 e. The first kappa shape index (κ1) is 17.0. The van der Waals surface area contributed by atoms with Gasteiger partial charge < -0.3 is 10.5 Å². The molecule has 8 heteroatoms. The first-order valence-corrected chi connectivity index (χ1v) is 6.81. The first-order valence-electron chi connectivity index (χ1n) is 5.59. The van der Waals surface area contributed by atoms with Gasteiger partial charge >= 0.3 is 12.1 Å². The van der Waals surface area contributed by atoms with Crippen LogP contribution in [-0.2, 0) is 12.3 Å². The van der Waals surface area contributed by atoms with Crippen LogP contribution in [0.3, 0.4) is 0 Å². The minimum absolute atomic E-state index is 0.0211. The third-order valence-corrected chi connectivity index (χ3v) is 3.49. The second-order valence-corrected chi connectivity index (χ2v) is 4.82. The van der Waals surface area contributed by atoms with Crippen LogP contribution in [0.25, 0.3) is 0 Å². The van der Waals surface area contributed by atoms with Crippen LogP contribution in [0.2, 0.25) is 0 Å². The molecule has 0 saturated heterocycles. The lowest BCUT2D eigenvalue weighted by atomic mass is 10.0. The first-order chi connectivity index (χ1) is 9.18. The van der Waals surface area contributed by atoms with E-state index >= 15 is 0 Å². The number of nitrogens with two attached hydrogens (primary N) is 1. The maximum atomic E-state index is 13.5. The number of rotatable bonds is 5. The fourth-order valence-electron chi connectivity index (χ4n) is 1.71. The molecular weight excluding hydrogens is 301 g/mol. The van der Waals surface area contributed by atoms with Crippen LogP contribution in [0.4, 0.5) is 22.0 Å². The zero-order valence-electron chi connectivity index (χ0n) is 10.9. The molecule has 1 aromatic carbocycles. The van der Waals surface area contributed by atoms with Crippen LogP contribution in [0.5, 0.6) is 5.75 Å². The number of alkyl halides is 5. The molecule has 1 aromatic rings. The Bertz CT molecular complexity index is 476.